The molecule has 5 nitrogen and oxygen atoms in total. The van der Waals surface area contributed by atoms with E-state index in [0.29, 0.717) is 18.7 Å². The van der Waals surface area contributed by atoms with Gasteiger partial charge in [0.15, 0.2) is 9.84 Å². The maximum absolute atomic E-state index is 12.7. The third-order valence-electron chi connectivity index (χ3n) is 3.70. The summed E-state index contributed by atoms with van der Waals surface area (Å²) in [5, 5.41) is 1.95. The molecule has 7 heteroatoms. The van der Waals surface area contributed by atoms with Crippen LogP contribution >= 0.6 is 11.3 Å². The maximum Gasteiger partial charge on any atom is 0.273 e. The Morgan fingerprint density at radius 1 is 1.32 bits per heavy atom. The fraction of sp³-hybridized carbons (Fsp3) is 0.333. The van der Waals surface area contributed by atoms with E-state index >= 15 is 0 Å². The summed E-state index contributed by atoms with van der Waals surface area (Å²) in [4.78, 5) is 19.5. The number of sulfone groups is 1. The van der Waals surface area contributed by atoms with E-state index in [1.165, 1.54) is 0 Å². The molecule has 1 saturated heterocycles. The highest BCUT2D eigenvalue weighted by molar-refractivity contribution is 7.91. The number of carbonyl (C=O) groups excluding carboxylic acids is 1. The molecule has 0 radical (unpaired) electrons. The van der Waals surface area contributed by atoms with Crippen molar-refractivity contribution in [1.29, 1.82) is 0 Å². The first-order valence-corrected chi connectivity index (χ1v) is 9.70. The lowest BCUT2D eigenvalue weighted by molar-refractivity contribution is 0.0677. The molecule has 3 heterocycles. The zero-order valence-corrected chi connectivity index (χ0v) is 13.5. The van der Waals surface area contributed by atoms with Gasteiger partial charge < -0.3 is 4.90 Å². The summed E-state index contributed by atoms with van der Waals surface area (Å²) in [5.74, 6) is -0.0264. The topological polar surface area (TPSA) is 67.3 Å². The van der Waals surface area contributed by atoms with Gasteiger partial charge >= 0.3 is 0 Å². The quantitative estimate of drug-likeness (QED) is 0.856. The summed E-state index contributed by atoms with van der Waals surface area (Å²) < 4.78 is 23.5. The van der Waals surface area contributed by atoms with E-state index in [2.05, 4.69) is 4.98 Å². The van der Waals surface area contributed by atoms with Crippen LogP contribution in [0.2, 0.25) is 0 Å². The van der Waals surface area contributed by atoms with Crippen LogP contribution in [0, 0.1) is 0 Å². The van der Waals surface area contributed by atoms with Crippen molar-refractivity contribution >= 4 is 27.1 Å². The summed E-state index contributed by atoms with van der Waals surface area (Å²) in [7, 11) is -3.05. The van der Waals surface area contributed by atoms with Gasteiger partial charge in [-0.05, 0) is 30.0 Å². The molecular weight excluding hydrogens is 320 g/mol. The van der Waals surface area contributed by atoms with Gasteiger partial charge in [0.2, 0.25) is 0 Å². The molecule has 2 aromatic heterocycles. The summed E-state index contributed by atoms with van der Waals surface area (Å²) in [6.45, 7) is 0.424. The Kier molecular flexibility index (Phi) is 4.26. The molecule has 1 fully saturated rings. The zero-order chi connectivity index (χ0) is 15.6. The molecule has 1 amide bonds. The molecule has 2 aromatic rings. The van der Waals surface area contributed by atoms with Crippen molar-refractivity contribution in [2.45, 2.75) is 19.0 Å². The molecule has 0 aliphatic carbocycles. The molecular formula is C15H16N2O3S2. The molecule has 22 heavy (non-hydrogen) atoms. The van der Waals surface area contributed by atoms with Crippen LogP contribution in [0.4, 0.5) is 0 Å². The monoisotopic (exact) mass is 336 g/mol. The van der Waals surface area contributed by atoms with Crippen LogP contribution in [-0.2, 0) is 16.4 Å². The molecule has 0 saturated carbocycles. The number of rotatable bonds is 4. The second kappa shape index (κ2) is 6.18. The number of pyridine rings is 1. The molecule has 1 atom stereocenters. The van der Waals surface area contributed by atoms with E-state index < -0.39 is 9.84 Å². The molecule has 0 bridgehead atoms. The number of amides is 1. The van der Waals surface area contributed by atoms with Crippen molar-refractivity contribution in [1.82, 2.24) is 9.88 Å². The van der Waals surface area contributed by atoms with Crippen molar-refractivity contribution < 1.29 is 13.2 Å². The van der Waals surface area contributed by atoms with Crippen LogP contribution in [0.5, 0.6) is 0 Å². The summed E-state index contributed by atoms with van der Waals surface area (Å²) in [6, 6.07) is 8.77. The number of hydrogen-bond donors (Lipinski definition) is 0. The van der Waals surface area contributed by atoms with Gasteiger partial charge in [0, 0.05) is 17.1 Å². The Morgan fingerprint density at radius 2 is 2.18 bits per heavy atom. The standard InChI is InChI=1S/C15H16N2O3S2/c18-15(14-5-1-2-7-16-14)17(10-13-4-3-8-21-13)12-6-9-22(19,20)11-12/h1-5,7-8,12H,6,9-11H2. The van der Waals surface area contributed by atoms with Gasteiger partial charge in [-0.3, -0.25) is 9.78 Å². The summed E-state index contributed by atoms with van der Waals surface area (Å²) in [5.41, 5.74) is 0.350. The fourth-order valence-corrected chi connectivity index (χ4v) is 5.03. The van der Waals surface area contributed by atoms with E-state index in [4.69, 9.17) is 0 Å². The van der Waals surface area contributed by atoms with E-state index in [9.17, 15) is 13.2 Å². The van der Waals surface area contributed by atoms with Crippen molar-refractivity contribution in [3.63, 3.8) is 0 Å². The van der Waals surface area contributed by atoms with Crippen molar-refractivity contribution in [3.8, 4) is 0 Å². The van der Waals surface area contributed by atoms with Crippen LogP contribution < -0.4 is 0 Å². The lowest BCUT2D eigenvalue weighted by Gasteiger charge is -2.27. The molecule has 0 N–H and O–H groups in total. The Hall–Kier alpha value is -1.73. The minimum Gasteiger partial charge on any atom is -0.328 e. The van der Waals surface area contributed by atoms with E-state index in [1.807, 2.05) is 17.5 Å². The van der Waals surface area contributed by atoms with Gasteiger partial charge in [-0.15, -0.1) is 11.3 Å². The highest BCUT2D eigenvalue weighted by Gasteiger charge is 2.35. The summed E-state index contributed by atoms with van der Waals surface area (Å²) in [6.07, 6.45) is 2.06. The van der Waals surface area contributed by atoms with Gasteiger partial charge in [0.05, 0.1) is 18.1 Å². The average molecular weight is 336 g/mol. The van der Waals surface area contributed by atoms with Crippen LogP contribution in [0.3, 0.4) is 0 Å². The van der Waals surface area contributed by atoms with Crippen molar-refractivity contribution in [2.24, 2.45) is 0 Å². The molecule has 1 aliphatic rings. The minimum atomic E-state index is -3.05. The van der Waals surface area contributed by atoms with Crippen molar-refractivity contribution in [2.75, 3.05) is 11.5 Å². The number of carbonyl (C=O) groups is 1. The lowest BCUT2D eigenvalue weighted by atomic mass is 10.2. The van der Waals surface area contributed by atoms with E-state index in [-0.39, 0.29) is 23.5 Å². The van der Waals surface area contributed by atoms with Crippen LogP contribution in [0.15, 0.2) is 41.9 Å². The number of thiophene rings is 1. The molecule has 0 spiro atoms. The van der Waals surface area contributed by atoms with Gasteiger partial charge in [-0.25, -0.2) is 8.42 Å². The largest absolute Gasteiger partial charge is 0.328 e. The lowest BCUT2D eigenvalue weighted by Crippen LogP contribution is -2.40. The molecule has 1 aliphatic heterocycles. The molecule has 3 rings (SSSR count). The van der Waals surface area contributed by atoms with Crippen molar-refractivity contribution in [3.05, 3.63) is 52.5 Å². The normalized spacial score (nSPS) is 19.9. The van der Waals surface area contributed by atoms with Gasteiger partial charge in [-0.2, -0.15) is 0 Å². The fourth-order valence-electron chi connectivity index (χ4n) is 2.59. The Labute approximate surface area is 133 Å². The van der Waals surface area contributed by atoms with Crippen LogP contribution in [-0.4, -0.2) is 41.8 Å². The Bertz CT molecular complexity index is 742. The van der Waals surface area contributed by atoms with Crippen LogP contribution in [0.25, 0.3) is 0 Å². The van der Waals surface area contributed by atoms with E-state index in [0.717, 1.165) is 4.88 Å². The van der Waals surface area contributed by atoms with Gasteiger partial charge in [0.25, 0.3) is 5.91 Å². The van der Waals surface area contributed by atoms with Gasteiger partial charge in [0.1, 0.15) is 5.69 Å². The first kappa shape index (κ1) is 15.2. The summed E-state index contributed by atoms with van der Waals surface area (Å²) >= 11 is 1.56. The second-order valence-corrected chi connectivity index (χ2v) is 8.55. The maximum atomic E-state index is 12.7. The second-order valence-electron chi connectivity index (χ2n) is 5.28. The smallest absolute Gasteiger partial charge is 0.273 e. The molecule has 116 valence electrons. The molecule has 0 aromatic carbocycles. The highest BCUT2D eigenvalue weighted by Crippen LogP contribution is 2.23. The first-order valence-electron chi connectivity index (χ1n) is 7.00. The average Bonchev–Trinajstić information content (AvgIpc) is 3.14. The Morgan fingerprint density at radius 3 is 2.77 bits per heavy atom. The molecule has 1 unspecified atom stereocenters. The predicted molar refractivity (Wildman–Crippen MR) is 85.5 cm³/mol. The van der Waals surface area contributed by atoms with Gasteiger partial charge in [-0.1, -0.05) is 12.1 Å². The third-order valence-corrected chi connectivity index (χ3v) is 6.31. The first-order chi connectivity index (χ1) is 10.6. The predicted octanol–water partition coefficient (Wildman–Crippen LogP) is 1.97. The minimum absolute atomic E-state index is 0.0386. The Balaban J connectivity index is 1.87. The van der Waals surface area contributed by atoms with Crippen LogP contribution in [0.1, 0.15) is 21.8 Å². The number of nitrogens with zero attached hydrogens (tertiary/aromatic N) is 2. The number of aromatic nitrogens is 1. The third kappa shape index (κ3) is 3.36. The van der Waals surface area contributed by atoms with E-state index in [1.54, 1.807) is 40.6 Å². The number of hydrogen-bond acceptors (Lipinski definition) is 5. The zero-order valence-electron chi connectivity index (χ0n) is 11.9. The SMILES string of the molecule is O=C(c1ccccn1)N(Cc1cccs1)C1CCS(=O)(=O)C1. The highest BCUT2D eigenvalue weighted by atomic mass is 32.2.